The van der Waals surface area contributed by atoms with Gasteiger partial charge in [0.25, 0.3) is 5.69 Å². The Labute approximate surface area is 130 Å². The van der Waals surface area contributed by atoms with Gasteiger partial charge < -0.3 is 5.32 Å². The van der Waals surface area contributed by atoms with E-state index in [0.717, 1.165) is 4.88 Å². The van der Waals surface area contributed by atoms with Crippen LogP contribution in [-0.4, -0.2) is 9.91 Å². The van der Waals surface area contributed by atoms with Crippen molar-refractivity contribution < 1.29 is 4.92 Å². The van der Waals surface area contributed by atoms with E-state index in [1.54, 1.807) is 12.3 Å². The molecule has 0 bridgehead atoms. The third-order valence-electron chi connectivity index (χ3n) is 2.20. The maximum absolute atomic E-state index is 11.0. The third kappa shape index (κ3) is 3.56. The van der Waals surface area contributed by atoms with Crippen LogP contribution in [0.15, 0.2) is 22.8 Å². The van der Waals surface area contributed by atoms with Crippen LogP contribution < -0.4 is 5.32 Å². The van der Waals surface area contributed by atoms with Crippen molar-refractivity contribution in [1.82, 2.24) is 4.98 Å². The predicted molar refractivity (Wildman–Crippen MR) is 80.3 cm³/mol. The molecule has 0 saturated carbocycles. The molecule has 0 atom stereocenters. The van der Waals surface area contributed by atoms with Crippen molar-refractivity contribution in [3.63, 3.8) is 0 Å². The van der Waals surface area contributed by atoms with Gasteiger partial charge >= 0.3 is 0 Å². The van der Waals surface area contributed by atoms with Gasteiger partial charge in [0.05, 0.1) is 11.5 Å². The molecule has 0 amide bonds. The maximum atomic E-state index is 11.0. The van der Waals surface area contributed by atoms with E-state index < -0.39 is 4.92 Å². The molecule has 0 aliphatic carbocycles. The zero-order chi connectivity index (χ0) is 14.0. The summed E-state index contributed by atoms with van der Waals surface area (Å²) in [6, 6.07) is 2.89. The van der Waals surface area contributed by atoms with Crippen LogP contribution in [0.1, 0.15) is 4.88 Å². The quantitative estimate of drug-likeness (QED) is 0.612. The number of hydrogen-bond acceptors (Lipinski definition) is 5. The topological polar surface area (TPSA) is 68.1 Å². The lowest BCUT2D eigenvalue weighted by Gasteiger charge is -2.08. The molecule has 1 N–H and O–H groups in total. The number of nitrogens with one attached hydrogen (secondary N) is 1. The normalized spacial score (nSPS) is 10.5. The number of nitrogens with zero attached hydrogens (tertiary/aromatic N) is 2. The summed E-state index contributed by atoms with van der Waals surface area (Å²) in [5, 5.41) is 14.3. The standard InChI is InChI=1S/C10H6BrCl2N3O2S/c11-7-1-5(12)2-8(16(17)18)9(7)14-3-6-4-15-10(13)19-6/h1-2,4,14H,3H2. The van der Waals surface area contributed by atoms with E-state index in [2.05, 4.69) is 26.2 Å². The number of benzene rings is 1. The zero-order valence-electron chi connectivity index (χ0n) is 9.19. The van der Waals surface area contributed by atoms with Crippen LogP contribution in [0.25, 0.3) is 0 Å². The second-order valence-corrected chi connectivity index (χ2v) is 6.46. The van der Waals surface area contributed by atoms with Crippen molar-refractivity contribution in [3.05, 3.63) is 47.3 Å². The molecule has 0 aliphatic heterocycles. The molecule has 2 rings (SSSR count). The van der Waals surface area contributed by atoms with Crippen LogP contribution in [0.3, 0.4) is 0 Å². The molecule has 1 heterocycles. The number of halogens is 3. The van der Waals surface area contributed by atoms with E-state index in [1.165, 1.54) is 17.4 Å². The van der Waals surface area contributed by atoms with Gasteiger partial charge in [-0.05, 0) is 22.0 Å². The van der Waals surface area contributed by atoms with Gasteiger partial charge in [-0.15, -0.1) is 11.3 Å². The summed E-state index contributed by atoms with van der Waals surface area (Å²) in [6.07, 6.45) is 1.62. The second-order valence-electron chi connectivity index (χ2n) is 3.47. The molecule has 0 unspecified atom stereocenters. The number of anilines is 1. The Kier molecular flexibility index (Phi) is 4.62. The molecule has 0 radical (unpaired) electrons. The monoisotopic (exact) mass is 381 g/mol. The van der Waals surface area contributed by atoms with Gasteiger partial charge in [-0.1, -0.05) is 23.2 Å². The van der Waals surface area contributed by atoms with E-state index >= 15 is 0 Å². The highest BCUT2D eigenvalue weighted by molar-refractivity contribution is 9.10. The van der Waals surface area contributed by atoms with Gasteiger partial charge in [-0.25, -0.2) is 4.98 Å². The van der Waals surface area contributed by atoms with Gasteiger partial charge in [-0.2, -0.15) is 0 Å². The Hall–Kier alpha value is -0.890. The first-order chi connectivity index (χ1) is 8.97. The smallest absolute Gasteiger partial charge is 0.294 e. The van der Waals surface area contributed by atoms with Crippen LogP contribution >= 0.6 is 50.5 Å². The fourth-order valence-corrected chi connectivity index (χ4v) is 3.27. The number of thiazole rings is 1. The van der Waals surface area contributed by atoms with Crippen molar-refractivity contribution >= 4 is 61.8 Å². The summed E-state index contributed by atoms with van der Waals surface area (Å²) in [4.78, 5) is 15.3. The number of hydrogen-bond donors (Lipinski definition) is 1. The maximum Gasteiger partial charge on any atom is 0.294 e. The molecule has 1 aromatic carbocycles. The fourth-order valence-electron chi connectivity index (χ4n) is 1.42. The van der Waals surface area contributed by atoms with Crippen LogP contribution in [0.5, 0.6) is 0 Å². The van der Waals surface area contributed by atoms with Crippen LogP contribution in [0.2, 0.25) is 9.49 Å². The molecule has 9 heteroatoms. The number of nitro benzene ring substituents is 1. The third-order valence-corrected chi connectivity index (χ3v) is 4.15. The van der Waals surface area contributed by atoms with Crippen LogP contribution in [0, 0.1) is 10.1 Å². The first-order valence-corrected chi connectivity index (χ1v) is 7.31. The number of nitro groups is 1. The lowest BCUT2D eigenvalue weighted by atomic mass is 10.2. The highest BCUT2D eigenvalue weighted by Crippen LogP contribution is 2.36. The van der Waals surface area contributed by atoms with E-state index in [1.807, 2.05) is 0 Å². The molecule has 5 nitrogen and oxygen atoms in total. The molecule has 100 valence electrons. The molecule has 0 fully saturated rings. The molecule has 1 aromatic heterocycles. The molecule has 0 aliphatic rings. The summed E-state index contributed by atoms with van der Waals surface area (Å²) in [6.45, 7) is 0.394. The Morgan fingerprint density at radius 1 is 1.47 bits per heavy atom. The van der Waals surface area contributed by atoms with Gasteiger partial charge in [0, 0.05) is 26.6 Å². The first kappa shape index (κ1) is 14.5. The van der Waals surface area contributed by atoms with E-state index in [-0.39, 0.29) is 5.69 Å². The largest absolute Gasteiger partial charge is 0.374 e. The van der Waals surface area contributed by atoms with Crippen molar-refractivity contribution in [3.8, 4) is 0 Å². The van der Waals surface area contributed by atoms with Crippen molar-refractivity contribution in [2.45, 2.75) is 6.54 Å². The van der Waals surface area contributed by atoms with Crippen molar-refractivity contribution in [2.75, 3.05) is 5.32 Å². The summed E-state index contributed by atoms with van der Waals surface area (Å²) < 4.78 is 0.962. The molecule has 0 saturated heterocycles. The Balaban J connectivity index is 2.26. The van der Waals surface area contributed by atoms with E-state index in [9.17, 15) is 10.1 Å². The minimum Gasteiger partial charge on any atom is -0.374 e. The average Bonchev–Trinajstić information content (AvgIpc) is 2.73. The summed E-state index contributed by atoms with van der Waals surface area (Å²) in [7, 11) is 0. The summed E-state index contributed by atoms with van der Waals surface area (Å²) in [5.41, 5.74) is 0.286. The van der Waals surface area contributed by atoms with Gasteiger partial charge in [0.2, 0.25) is 0 Å². The Bertz CT molecular complexity index is 635. The fraction of sp³-hybridized carbons (Fsp3) is 0.100. The predicted octanol–water partition coefficient (Wildman–Crippen LogP) is 4.73. The Morgan fingerprint density at radius 3 is 2.79 bits per heavy atom. The molecule has 2 aromatic rings. The van der Waals surface area contributed by atoms with Crippen molar-refractivity contribution in [1.29, 1.82) is 0 Å². The number of rotatable bonds is 4. The van der Waals surface area contributed by atoms with Gasteiger partial charge in [0.15, 0.2) is 4.47 Å². The SMILES string of the molecule is O=[N+]([O-])c1cc(Cl)cc(Br)c1NCc1cnc(Cl)s1. The molecule has 19 heavy (non-hydrogen) atoms. The minimum absolute atomic E-state index is 0.0880. The Morgan fingerprint density at radius 2 is 2.21 bits per heavy atom. The summed E-state index contributed by atoms with van der Waals surface area (Å²) >= 11 is 16.1. The summed E-state index contributed by atoms with van der Waals surface area (Å²) in [5.74, 6) is 0. The minimum atomic E-state index is -0.487. The highest BCUT2D eigenvalue weighted by atomic mass is 79.9. The van der Waals surface area contributed by atoms with E-state index in [4.69, 9.17) is 23.2 Å². The zero-order valence-corrected chi connectivity index (χ0v) is 13.1. The highest BCUT2D eigenvalue weighted by Gasteiger charge is 2.18. The van der Waals surface area contributed by atoms with Crippen LogP contribution in [0.4, 0.5) is 11.4 Å². The molecule has 0 spiro atoms. The number of aromatic nitrogens is 1. The first-order valence-electron chi connectivity index (χ1n) is 4.95. The molecular weight excluding hydrogens is 377 g/mol. The van der Waals surface area contributed by atoms with Crippen LogP contribution in [-0.2, 0) is 6.54 Å². The lowest BCUT2D eigenvalue weighted by molar-refractivity contribution is -0.384. The van der Waals surface area contributed by atoms with Crippen molar-refractivity contribution in [2.24, 2.45) is 0 Å². The van der Waals surface area contributed by atoms with Gasteiger partial charge in [-0.3, -0.25) is 10.1 Å². The second kappa shape index (κ2) is 6.04. The molecular formula is C10H6BrCl2N3O2S. The average molecular weight is 383 g/mol. The van der Waals surface area contributed by atoms with Gasteiger partial charge in [0.1, 0.15) is 5.69 Å². The van der Waals surface area contributed by atoms with E-state index in [0.29, 0.717) is 26.2 Å². The lowest BCUT2D eigenvalue weighted by Crippen LogP contribution is -2.02.